The zero-order valence-corrected chi connectivity index (χ0v) is 19.2. The molecule has 1 aliphatic rings. The minimum atomic E-state index is -0.373. The fraction of sp³-hybridized carbons (Fsp3) is 0.318. The van der Waals surface area contributed by atoms with Crippen LogP contribution in [0, 0.1) is 13.8 Å². The Hall–Kier alpha value is -2.64. The summed E-state index contributed by atoms with van der Waals surface area (Å²) in [5, 5.41) is 0.836. The average molecular weight is 446 g/mol. The van der Waals surface area contributed by atoms with Gasteiger partial charge < -0.3 is 9.30 Å². The van der Waals surface area contributed by atoms with Gasteiger partial charge in [-0.3, -0.25) is 19.4 Å². The van der Waals surface area contributed by atoms with Crippen LogP contribution in [-0.2, 0) is 9.59 Å². The fourth-order valence-electron chi connectivity index (χ4n) is 3.68. The van der Waals surface area contributed by atoms with Crippen LogP contribution in [0.25, 0.3) is 11.8 Å². The van der Waals surface area contributed by atoms with Gasteiger partial charge in [0, 0.05) is 29.5 Å². The molecule has 1 aromatic carbocycles. The Labute approximate surface area is 186 Å². The Bertz CT molecular complexity index is 1050. The predicted octanol–water partition coefficient (Wildman–Crippen LogP) is 4.14. The van der Waals surface area contributed by atoms with E-state index in [1.807, 2.05) is 50.5 Å². The van der Waals surface area contributed by atoms with Crippen molar-refractivity contribution in [2.45, 2.75) is 27.7 Å². The predicted molar refractivity (Wildman–Crippen MR) is 122 cm³/mol. The molecule has 3 rings (SSSR count). The van der Waals surface area contributed by atoms with E-state index in [1.54, 1.807) is 19.3 Å². The number of hydrogen-bond acceptors (Lipinski definition) is 4. The van der Waals surface area contributed by atoms with E-state index in [-0.39, 0.29) is 22.5 Å². The lowest BCUT2D eigenvalue weighted by Gasteiger charge is -2.35. The zero-order chi connectivity index (χ0) is 22.2. The molecule has 2 heterocycles. The Kier molecular flexibility index (Phi) is 6.33. The molecule has 1 aromatic heterocycles. The van der Waals surface area contributed by atoms with Gasteiger partial charge in [0.05, 0.1) is 12.8 Å². The number of carbonyl (C=O) groups is 2. The number of hydrogen-bond donors (Lipinski definition) is 0. The van der Waals surface area contributed by atoms with E-state index in [4.69, 9.17) is 28.6 Å². The molecule has 6 nitrogen and oxygen atoms in total. The van der Waals surface area contributed by atoms with E-state index >= 15 is 0 Å². The number of thiocarbonyl (C=S) groups is 1. The van der Waals surface area contributed by atoms with Gasteiger partial charge in [-0.15, -0.1) is 0 Å². The highest BCUT2D eigenvalue weighted by Gasteiger charge is 2.38. The number of rotatable bonds is 5. The van der Waals surface area contributed by atoms with Crippen LogP contribution in [0.15, 0.2) is 29.8 Å². The first-order valence-electron chi connectivity index (χ1n) is 9.67. The first-order valence-corrected chi connectivity index (χ1v) is 10.5. The van der Waals surface area contributed by atoms with E-state index < -0.39 is 0 Å². The van der Waals surface area contributed by atoms with Gasteiger partial charge in [0.2, 0.25) is 0 Å². The van der Waals surface area contributed by atoms with Crippen molar-refractivity contribution < 1.29 is 14.3 Å². The van der Waals surface area contributed by atoms with Gasteiger partial charge in [-0.2, -0.15) is 0 Å². The molecule has 0 spiro atoms. The highest BCUT2D eigenvalue weighted by atomic mass is 35.5. The lowest BCUT2D eigenvalue weighted by atomic mass is 10.1. The summed E-state index contributed by atoms with van der Waals surface area (Å²) in [5.74, 6) is -0.0745. The Morgan fingerprint density at radius 3 is 2.20 bits per heavy atom. The molecule has 2 amide bonds. The van der Waals surface area contributed by atoms with Crippen molar-refractivity contribution in [3.8, 4) is 11.4 Å². The summed E-state index contributed by atoms with van der Waals surface area (Å²) < 4.78 is 7.49. The maximum Gasteiger partial charge on any atom is 0.265 e. The SMILES string of the molecule is CCN1C(=O)C(=Cc2cc(C)n(-c3cc(Cl)ccc3OC)c2C)C(=O)N(CC)C1=S. The Morgan fingerprint density at radius 2 is 1.67 bits per heavy atom. The third-order valence-electron chi connectivity index (χ3n) is 5.20. The second kappa shape index (κ2) is 8.62. The van der Waals surface area contributed by atoms with E-state index in [1.165, 1.54) is 9.80 Å². The number of ether oxygens (including phenoxy) is 1. The molecule has 0 unspecified atom stereocenters. The molecule has 1 aliphatic heterocycles. The van der Waals surface area contributed by atoms with Crippen molar-refractivity contribution >= 4 is 46.8 Å². The highest BCUT2D eigenvalue weighted by Crippen LogP contribution is 2.32. The monoisotopic (exact) mass is 445 g/mol. The van der Waals surface area contributed by atoms with E-state index in [9.17, 15) is 9.59 Å². The molecule has 158 valence electrons. The number of carbonyl (C=O) groups excluding carboxylic acids is 2. The van der Waals surface area contributed by atoms with Gasteiger partial charge >= 0.3 is 0 Å². The van der Waals surface area contributed by atoms with Crippen molar-refractivity contribution in [1.29, 1.82) is 0 Å². The highest BCUT2D eigenvalue weighted by molar-refractivity contribution is 7.80. The molecule has 1 fully saturated rings. The summed E-state index contributed by atoms with van der Waals surface area (Å²) in [6.45, 7) is 8.35. The molecule has 1 saturated heterocycles. The van der Waals surface area contributed by atoms with Crippen molar-refractivity contribution in [3.05, 3.63) is 51.8 Å². The summed E-state index contributed by atoms with van der Waals surface area (Å²) in [6, 6.07) is 7.33. The van der Waals surface area contributed by atoms with Crippen LogP contribution >= 0.6 is 23.8 Å². The molecule has 0 aliphatic carbocycles. The minimum absolute atomic E-state index is 0.102. The number of likely N-dealkylation sites (N-methyl/N-ethyl adjacent to an activating group) is 2. The van der Waals surface area contributed by atoms with Crippen molar-refractivity contribution in [1.82, 2.24) is 14.4 Å². The number of aryl methyl sites for hydroxylation is 1. The van der Waals surface area contributed by atoms with Crippen LogP contribution in [-0.4, -0.2) is 51.5 Å². The number of methoxy groups -OCH3 is 1. The van der Waals surface area contributed by atoms with Crippen LogP contribution in [0.4, 0.5) is 0 Å². The molecular weight excluding hydrogens is 422 g/mol. The fourth-order valence-corrected chi connectivity index (χ4v) is 4.27. The van der Waals surface area contributed by atoms with E-state index in [2.05, 4.69) is 0 Å². The number of amides is 2. The maximum absolute atomic E-state index is 12.9. The van der Waals surface area contributed by atoms with E-state index in [0.717, 1.165) is 22.6 Å². The molecule has 2 aromatic rings. The largest absolute Gasteiger partial charge is 0.495 e. The van der Waals surface area contributed by atoms with E-state index in [0.29, 0.717) is 23.9 Å². The molecule has 0 radical (unpaired) electrons. The van der Waals surface area contributed by atoms with Gasteiger partial charge in [0.15, 0.2) is 5.11 Å². The first kappa shape index (κ1) is 22.1. The normalized spacial score (nSPS) is 14.6. The third kappa shape index (κ3) is 3.63. The Balaban J connectivity index is 2.14. The van der Waals surface area contributed by atoms with Crippen LogP contribution in [0.2, 0.25) is 5.02 Å². The molecule has 0 bridgehead atoms. The molecule has 0 saturated carbocycles. The molecule has 8 heteroatoms. The lowest BCUT2D eigenvalue weighted by Crippen LogP contribution is -2.55. The van der Waals surface area contributed by atoms with Crippen LogP contribution < -0.4 is 4.74 Å². The zero-order valence-electron chi connectivity index (χ0n) is 17.7. The van der Waals surface area contributed by atoms with Gasteiger partial charge in [-0.25, -0.2) is 0 Å². The van der Waals surface area contributed by atoms with Gasteiger partial charge in [-0.1, -0.05) is 11.6 Å². The summed E-state index contributed by atoms with van der Waals surface area (Å²) >= 11 is 11.5. The van der Waals surface area contributed by atoms with Crippen molar-refractivity contribution in [2.24, 2.45) is 0 Å². The topological polar surface area (TPSA) is 54.8 Å². The quantitative estimate of drug-likeness (QED) is 0.394. The number of aromatic nitrogens is 1. The molecule has 0 N–H and O–H groups in total. The lowest BCUT2D eigenvalue weighted by molar-refractivity contribution is -0.133. The third-order valence-corrected chi connectivity index (χ3v) is 5.87. The Morgan fingerprint density at radius 1 is 1.07 bits per heavy atom. The average Bonchev–Trinajstić information content (AvgIpc) is 2.99. The van der Waals surface area contributed by atoms with Gasteiger partial charge in [-0.05, 0) is 75.8 Å². The number of halogens is 1. The molecule has 30 heavy (non-hydrogen) atoms. The smallest absolute Gasteiger partial charge is 0.265 e. The maximum atomic E-state index is 12.9. The van der Waals surface area contributed by atoms with Crippen LogP contribution in [0.1, 0.15) is 30.8 Å². The molecule has 0 atom stereocenters. The standard InChI is InChI=1S/C22H24ClN3O3S/c1-6-24-20(27)17(21(28)25(7-2)22(24)30)11-15-10-13(3)26(14(15)4)18-12-16(23)8-9-19(18)29-5/h8-12H,6-7H2,1-5H3. The summed E-state index contributed by atoms with van der Waals surface area (Å²) in [4.78, 5) is 28.8. The number of nitrogens with zero attached hydrogens (tertiary/aromatic N) is 3. The number of benzene rings is 1. The van der Waals surface area contributed by atoms with Crippen molar-refractivity contribution in [2.75, 3.05) is 20.2 Å². The van der Waals surface area contributed by atoms with Gasteiger partial charge in [0.1, 0.15) is 11.3 Å². The first-order chi connectivity index (χ1) is 14.2. The van der Waals surface area contributed by atoms with Crippen LogP contribution in [0.3, 0.4) is 0 Å². The second-order valence-corrected chi connectivity index (χ2v) is 7.72. The molecular formula is C22H24ClN3O3S. The summed E-state index contributed by atoms with van der Waals surface area (Å²) in [5.41, 5.74) is 3.44. The van der Waals surface area contributed by atoms with Crippen molar-refractivity contribution in [3.63, 3.8) is 0 Å². The minimum Gasteiger partial charge on any atom is -0.495 e. The second-order valence-electron chi connectivity index (χ2n) is 6.92. The summed E-state index contributed by atoms with van der Waals surface area (Å²) in [6.07, 6.45) is 1.65. The summed E-state index contributed by atoms with van der Waals surface area (Å²) in [7, 11) is 1.60. The van der Waals surface area contributed by atoms with Gasteiger partial charge in [0.25, 0.3) is 11.8 Å². The van der Waals surface area contributed by atoms with Crippen LogP contribution in [0.5, 0.6) is 5.75 Å².